The van der Waals surface area contributed by atoms with Crippen molar-refractivity contribution in [3.8, 4) is 5.88 Å². The van der Waals surface area contributed by atoms with Gasteiger partial charge in [0.05, 0.1) is 5.92 Å². The van der Waals surface area contributed by atoms with Gasteiger partial charge in [-0.15, -0.1) is 0 Å². The molecule has 21 heavy (non-hydrogen) atoms. The van der Waals surface area contributed by atoms with Crippen LogP contribution in [0.5, 0.6) is 5.88 Å². The number of rotatable bonds is 3. The van der Waals surface area contributed by atoms with E-state index in [-0.39, 0.29) is 10.9 Å². The number of aromatic nitrogens is 1. The number of carboxylic acids is 1. The van der Waals surface area contributed by atoms with Crippen LogP contribution in [0.15, 0.2) is 16.7 Å². The van der Waals surface area contributed by atoms with Crippen LogP contribution in [0.3, 0.4) is 0 Å². The number of aliphatic carboxylic acids is 1. The molecular formula is C13H13BrF3NO3. The highest BCUT2D eigenvalue weighted by Gasteiger charge is 2.37. The summed E-state index contributed by atoms with van der Waals surface area (Å²) in [6.07, 6.45) is -2.05. The number of nitrogens with zero attached hydrogens (tertiary/aromatic N) is 1. The minimum absolute atomic E-state index is 0.199. The summed E-state index contributed by atoms with van der Waals surface area (Å²) < 4.78 is 44.4. The van der Waals surface area contributed by atoms with E-state index in [2.05, 4.69) is 20.9 Å². The molecule has 0 aromatic carbocycles. The Morgan fingerprint density at radius 2 is 2.14 bits per heavy atom. The average molecular weight is 368 g/mol. The highest BCUT2D eigenvalue weighted by molar-refractivity contribution is 9.10. The summed E-state index contributed by atoms with van der Waals surface area (Å²) in [6.45, 7) is 0. The zero-order chi connectivity index (χ0) is 15.6. The Labute approximate surface area is 127 Å². The first-order valence-corrected chi connectivity index (χ1v) is 7.19. The van der Waals surface area contributed by atoms with E-state index in [1.54, 1.807) is 0 Å². The zero-order valence-electron chi connectivity index (χ0n) is 10.9. The maximum Gasteiger partial charge on any atom is 0.421 e. The number of carbonyl (C=O) groups is 1. The number of hydrogen-bond donors (Lipinski definition) is 1. The summed E-state index contributed by atoms with van der Waals surface area (Å²) in [7, 11) is 0. The highest BCUT2D eigenvalue weighted by atomic mass is 79.9. The van der Waals surface area contributed by atoms with E-state index in [0.29, 0.717) is 19.3 Å². The van der Waals surface area contributed by atoms with E-state index in [1.807, 2.05) is 0 Å². The van der Waals surface area contributed by atoms with Gasteiger partial charge in [-0.25, -0.2) is 4.98 Å². The monoisotopic (exact) mass is 367 g/mol. The molecule has 0 unspecified atom stereocenters. The lowest BCUT2D eigenvalue weighted by molar-refractivity contribution is -0.145. The normalized spacial score (nSPS) is 22.9. The van der Waals surface area contributed by atoms with Gasteiger partial charge < -0.3 is 9.84 Å². The van der Waals surface area contributed by atoms with Crippen LogP contribution in [0.2, 0.25) is 0 Å². The Hall–Kier alpha value is -1.31. The van der Waals surface area contributed by atoms with Crippen molar-refractivity contribution in [2.45, 2.75) is 38.0 Å². The summed E-state index contributed by atoms with van der Waals surface area (Å²) in [5.41, 5.74) is -0.964. The van der Waals surface area contributed by atoms with Gasteiger partial charge in [-0.05, 0) is 47.7 Å². The number of ether oxygens (including phenoxy) is 1. The van der Waals surface area contributed by atoms with Crippen molar-refractivity contribution < 1.29 is 27.8 Å². The third kappa shape index (κ3) is 4.09. The van der Waals surface area contributed by atoms with Crippen LogP contribution in [-0.2, 0) is 11.0 Å². The lowest BCUT2D eigenvalue weighted by Gasteiger charge is -2.27. The molecule has 0 bridgehead atoms. The molecule has 0 spiro atoms. The van der Waals surface area contributed by atoms with Gasteiger partial charge in [0.15, 0.2) is 0 Å². The molecule has 4 nitrogen and oxygen atoms in total. The Bertz CT molecular complexity index is 536. The van der Waals surface area contributed by atoms with Crippen molar-refractivity contribution >= 4 is 21.9 Å². The fourth-order valence-electron chi connectivity index (χ4n) is 2.36. The molecule has 1 fully saturated rings. The van der Waals surface area contributed by atoms with E-state index in [1.165, 1.54) is 6.20 Å². The Morgan fingerprint density at radius 3 is 2.76 bits per heavy atom. The molecule has 1 saturated carbocycles. The molecule has 1 aromatic heterocycles. The van der Waals surface area contributed by atoms with Crippen LogP contribution < -0.4 is 4.74 Å². The highest BCUT2D eigenvalue weighted by Crippen LogP contribution is 2.38. The molecule has 8 heteroatoms. The molecule has 1 N–H and O–H groups in total. The van der Waals surface area contributed by atoms with Gasteiger partial charge in [0.25, 0.3) is 0 Å². The first-order chi connectivity index (χ1) is 9.77. The molecule has 116 valence electrons. The Kier molecular flexibility index (Phi) is 4.75. The van der Waals surface area contributed by atoms with Crippen LogP contribution in [0.25, 0.3) is 0 Å². The third-order valence-corrected chi connectivity index (χ3v) is 3.81. The fraction of sp³-hybridized carbons (Fsp3) is 0.538. The van der Waals surface area contributed by atoms with Crippen molar-refractivity contribution in [2.75, 3.05) is 0 Å². The molecule has 0 radical (unpaired) electrons. The summed E-state index contributed by atoms with van der Waals surface area (Å²) in [5.74, 6) is -2.02. The lowest BCUT2D eigenvalue weighted by atomic mass is 9.87. The first-order valence-electron chi connectivity index (χ1n) is 6.39. The molecular weight excluding hydrogens is 355 g/mol. The standard InChI is InChI=1S/C13H13BrF3NO3/c14-8-5-10(13(15,16)17)11(18-6-8)21-9-3-1-2-7(4-9)12(19)20/h5-7,9H,1-4H2,(H,19,20)/t7-,9-/m0/s1. The smallest absolute Gasteiger partial charge is 0.421 e. The number of hydrogen-bond acceptors (Lipinski definition) is 3. The summed E-state index contributed by atoms with van der Waals surface area (Å²) in [6, 6.07) is 0.903. The summed E-state index contributed by atoms with van der Waals surface area (Å²) >= 11 is 2.95. The number of carboxylic acid groups (broad SMARTS) is 1. The second-order valence-corrected chi connectivity index (χ2v) is 5.86. The van der Waals surface area contributed by atoms with Crippen molar-refractivity contribution in [3.63, 3.8) is 0 Å². The third-order valence-electron chi connectivity index (χ3n) is 3.38. The van der Waals surface area contributed by atoms with E-state index >= 15 is 0 Å². The number of halogens is 4. The van der Waals surface area contributed by atoms with E-state index in [9.17, 15) is 18.0 Å². The van der Waals surface area contributed by atoms with E-state index in [0.717, 1.165) is 6.07 Å². The van der Waals surface area contributed by atoms with Crippen molar-refractivity contribution in [1.29, 1.82) is 0 Å². The van der Waals surface area contributed by atoms with Gasteiger partial charge >= 0.3 is 12.1 Å². The average Bonchev–Trinajstić information content (AvgIpc) is 2.40. The van der Waals surface area contributed by atoms with E-state index < -0.39 is 35.6 Å². The molecule has 1 aliphatic rings. The molecule has 1 heterocycles. The minimum Gasteiger partial charge on any atom is -0.481 e. The van der Waals surface area contributed by atoms with Crippen LogP contribution in [-0.4, -0.2) is 22.2 Å². The molecule has 1 aromatic rings. The van der Waals surface area contributed by atoms with Crippen LogP contribution >= 0.6 is 15.9 Å². The maximum atomic E-state index is 13.0. The quantitative estimate of drug-likeness (QED) is 0.880. The van der Waals surface area contributed by atoms with Crippen molar-refractivity contribution in [1.82, 2.24) is 4.98 Å². The molecule has 0 aliphatic heterocycles. The SMILES string of the molecule is O=C(O)[C@H]1CCC[C@H](Oc2ncc(Br)cc2C(F)(F)F)C1. The molecule has 2 rings (SSSR count). The van der Waals surface area contributed by atoms with Crippen molar-refractivity contribution in [2.24, 2.45) is 5.92 Å². The fourth-order valence-corrected chi connectivity index (χ4v) is 2.69. The van der Waals surface area contributed by atoms with Gasteiger partial charge in [-0.1, -0.05) is 0 Å². The van der Waals surface area contributed by atoms with Crippen LogP contribution in [0.1, 0.15) is 31.2 Å². The topological polar surface area (TPSA) is 59.4 Å². The van der Waals surface area contributed by atoms with Crippen molar-refractivity contribution in [3.05, 3.63) is 22.3 Å². The van der Waals surface area contributed by atoms with Gasteiger partial charge in [0.2, 0.25) is 5.88 Å². The molecule has 0 saturated heterocycles. The predicted octanol–water partition coefficient (Wildman–Crippen LogP) is 3.89. The molecule has 0 amide bonds. The number of pyridine rings is 1. The Balaban J connectivity index is 2.18. The zero-order valence-corrected chi connectivity index (χ0v) is 12.4. The van der Waals surface area contributed by atoms with Gasteiger partial charge in [0.1, 0.15) is 11.7 Å². The summed E-state index contributed by atoms with van der Waals surface area (Å²) in [5, 5.41) is 8.98. The first kappa shape index (κ1) is 16.1. The maximum absolute atomic E-state index is 13.0. The second kappa shape index (κ2) is 6.21. The van der Waals surface area contributed by atoms with Gasteiger partial charge in [-0.2, -0.15) is 13.2 Å². The molecule has 1 aliphatic carbocycles. The number of alkyl halides is 3. The predicted molar refractivity (Wildman–Crippen MR) is 70.9 cm³/mol. The largest absolute Gasteiger partial charge is 0.481 e. The summed E-state index contributed by atoms with van der Waals surface area (Å²) in [4.78, 5) is 14.6. The van der Waals surface area contributed by atoms with E-state index in [4.69, 9.17) is 9.84 Å². The van der Waals surface area contributed by atoms with Crippen LogP contribution in [0, 0.1) is 5.92 Å². The second-order valence-electron chi connectivity index (χ2n) is 4.95. The Morgan fingerprint density at radius 1 is 1.43 bits per heavy atom. The lowest BCUT2D eigenvalue weighted by Crippen LogP contribution is -2.30. The van der Waals surface area contributed by atoms with Gasteiger partial charge in [0, 0.05) is 10.7 Å². The molecule has 2 atom stereocenters. The van der Waals surface area contributed by atoms with Gasteiger partial charge in [-0.3, -0.25) is 4.79 Å². The van der Waals surface area contributed by atoms with Crippen LogP contribution in [0.4, 0.5) is 13.2 Å². The minimum atomic E-state index is -4.58.